The van der Waals surface area contributed by atoms with Gasteiger partial charge in [-0.25, -0.2) is 9.13 Å². The van der Waals surface area contributed by atoms with Gasteiger partial charge in [0.05, 0.1) is 26.4 Å². The zero-order valence-electron chi connectivity index (χ0n) is 66.1. The smallest absolute Gasteiger partial charge is 0.462 e. The van der Waals surface area contributed by atoms with Crippen LogP contribution >= 0.6 is 15.6 Å². The summed E-state index contributed by atoms with van der Waals surface area (Å²) in [5.41, 5.74) is 0. The number of phosphoric ester groups is 2. The molecule has 101 heavy (non-hydrogen) atoms. The molecule has 0 aromatic rings. The van der Waals surface area contributed by atoms with Crippen LogP contribution in [-0.4, -0.2) is 96.7 Å². The number of carbonyl (C=O) groups is 4. The highest BCUT2D eigenvalue weighted by molar-refractivity contribution is 7.47. The maximum absolute atomic E-state index is 13.1. The minimum absolute atomic E-state index is 0.108. The van der Waals surface area contributed by atoms with Crippen LogP contribution in [0.4, 0.5) is 0 Å². The van der Waals surface area contributed by atoms with Crippen LogP contribution in [0.25, 0.3) is 0 Å². The van der Waals surface area contributed by atoms with Crippen LogP contribution in [-0.2, 0) is 65.4 Å². The van der Waals surface area contributed by atoms with Crippen LogP contribution < -0.4 is 0 Å². The molecule has 0 aromatic heterocycles. The summed E-state index contributed by atoms with van der Waals surface area (Å²) in [6, 6.07) is 0. The Labute approximate surface area is 619 Å². The van der Waals surface area contributed by atoms with Crippen LogP contribution in [0.3, 0.4) is 0 Å². The molecule has 0 bridgehead atoms. The van der Waals surface area contributed by atoms with E-state index in [-0.39, 0.29) is 25.7 Å². The van der Waals surface area contributed by atoms with Crippen molar-refractivity contribution >= 4 is 39.5 Å². The Morgan fingerprint density at radius 3 is 0.703 bits per heavy atom. The predicted molar refractivity (Wildman–Crippen MR) is 414 cm³/mol. The molecular formula is C82H160O17P2. The van der Waals surface area contributed by atoms with E-state index in [4.69, 9.17) is 37.0 Å². The number of carbonyl (C=O) groups excluding carboxylic acids is 4. The molecule has 0 rings (SSSR count). The number of phosphoric acid groups is 2. The van der Waals surface area contributed by atoms with Crippen molar-refractivity contribution < 1.29 is 80.2 Å². The molecular weight excluding hydrogens is 1320 g/mol. The van der Waals surface area contributed by atoms with E-state index < -0.39 is 97.5 Å². The zero-order valence-corrected chi connectivity index (χ0v) is 67.8. The van der Waals surface area contributed by atoms with Crippen molar-refractivity contribution in [1.29, 1.82) is 0 Å². The second kappa shape index (κ2) is 74.9. The first kappa shape index (κ1) is 99.1. The second-order valence-corrected chi connectivity index (χ2v) is 32.7. The molecule has 0 fully saturated rings. The van der Waals surface area contributed by atoms with Crippen molar-refractivity contribution in [1.82, 2.24) is 0 Å². The van der Waals surface area contributed by atoms with Crippen LogP contribution in [0.2, 0.25) is 0 Å². The summed E-state index contributed by atoms with van der Waals surface area (Å²) < 4.78 is 68.7. The average molecular weight is 1480 g/mol. The van der Waals surface area contributed by atoms with E-state index in [1.165, 1.54) is 263 Å². The van der Waals surface area contributed by atoms with Gasteiger partial charge in [-0.1, -0.05) is 388 Å². The lowest BCUT2D eigenvalue weighted by atomic mass is 9.99. The molecule has 0 spiro atoms. The third kappa shape index (κ3) is 74.7. The summed E-state index contributed by atoms with van der Waals surface area (Å²) in [5.74, 6) is -1.26. The largest absolute Gasteiger partial charge is 0.472 e. The Morgan fingerprint density at radius 1 is 0.277 bits per heavy atom. The summed E-state index contributed by atoms with van der Waals surface area (Å²) in [5, 5.41) is 10.6. The Balaban J connectivity index is 5.20. The first-order valence-electron chi connectivity index (χ1n) is 42.7. The number of hydrogen-bond donors (Lipinski definition) is 3. The number of hydrogen-bond acceptors (Lipinski definition) is 15. The van der Waals surface area contributed by atoms with Gasteiger partial charge in [0.1, 0.15) is 19.3 Å². The molecule has 0 aliphatic rings. The monoisotopic (exact) mass is 1480 g/mol. The SMILES string of the molecule is CCCCCCCCCCCCCCCCCCCCCCC(=O)O[C@H](COC(=O)CCCCCCCCCCCCCCCCC(C)CC)COP(=O)(O)OC[C@@H](O)COP(=O)(O)OC[C@@H](COC(=O)CCCCCCCCCC)OC(=O)CCCCCCCCCCCCCCCCC. The standard InChI is InChI=1S/C82H160O17P2/c1-6-10-13-16-19-22-24-26-28-29-30-31-32-34-40-44-48-53-58-63-68-82(87)99-78(72-93-80(85)66-61-56-51-46-42-38-36-35-37-41-45-49-54-59-64-75(5)9-4)74-97-101(90,91)95-70-76(83)69-94-100(88,89)96-73-77(71-92-79(84)65-60-55-50-21-18-15-12-8-3)98-81(86)67-62-57-52-47-43-39-33-27-25-23-20-17-14-11-7-2/h75-78,83H,6-74H2,1-5H3,(H,88,89)(H,90,91)/t75?,76-,77+,78+/m0/s1. The third-order valence-corrected chi connectivity index (χ3v) is 21.5. The van der Waals surface area contributed by atoms with Gasteiger partial charge in [-0.15, -0.1) is 0 Å². The molecule has 6 atom stereocenters. The van der Waals surface area contributed by atoms with Crippen molar-refractivity contribution in [3.05, 3.63) is 0 Å². The zero-order chi connectivity index (χ0) is 74.1. The van der Waals surface area contributed by atoms with Gasteiger partial charge in [0.2, 0.25) is 0 Å². The Kier molecular flexibility index (Phi) is 73.5. The first-order chi connectivity index (χ1) is 49.1. The topological polar surface area (TPSA) is 237 Å². The molecule has 0 radical (unpaired) electrons. The predicted octanol–water partition coefficient (Wildman–Crippen LogP) is 24.8. The molecule has 3 unspecified atom stereocenters. The molecule has 0 aromatic carbocycles. The highest BCUT2D eigenvalue weighted by Gasteiger charge is 2.30. The van der Waals surface area contributed by atoms with Gasteiger partial charge >= 0.3 is 39.5 Å². The fourth-order valence-electron chi connectivity index (χ4n) is 12.7. The maximum Gasteiger partial charge on any atom is 0.472 e. The fourth-order valence-corrected chi connectivity index (χ4v) is 14.3. The van der Waals surface area contributed by atoms with Crippen molar-refractivity contribution in [3.63, 3.8) is 0 Å². The average Bonchev–Trinajstić information content (AvgIpc) is 0.932. The number of esters is 4. The van der Waals surface area contributed by atoms with Crippen molar-refractivity contribution in [2.24, 2.45) is 5.92 Å². The molecule has 19 heteroatoms. The van der Waals surface area contributed by atoms with E-state index in [9.17, 15) is 43.2 Å². The second-order valence-electron chi connectivity index (χ2n) is 29.8. The quantitative estimate of drug-likeness (QED) is 0.0222. The highest BCUT2D eigenvalue weighted by atomic mass is 31.2. The van der Waals surface area contributed by atoms with E-state index in [2.05, 4.69) is 34.6 Å². The van der Waals surface area contributed by atoms with Crippen molar-refractivity contribution in [2.45, 2.75) is 457 Å². The molecule has 600 valence electrons. The number of aliphatic hydroxyl groups excluding tert-OH is 1. The summed E-state index contributed by atoms with van der Waals surface area (Å²) >= 11 is 0. The molecule has 3 N–H and O–H groups in total. The van der Waals surface area contributed by atoms with Gasteiger partial charge < -0.3 is 33.8 Å². The molecule has 0 aliphatic carbocycles. The minimum Gasteiger partial charge on any atom is -0.462 e. The molecule has 17 nitrogen and oxygen atoms in total. The summed E-state index contributed by atoms with van der Waals surface area (Å²) in [4.78, 5) is 73.0. The van der Waals surface area contributed by atoms with Gasteiger partial charge in [0.25, 0.3) is 0 Å². The lowest BCUT2D eigenvalue weighted by molar-refractivity contribution is -0.161. The number of aliphatic hydroxyl groups is 1. The fraction of sp³-hybridized carbons (Fsp3) is 0.951. The highest BCUT2D eigenvalue weighted by Crippen LogP contribution is 2.45. The Hall–Kier alpha value is -1.94. The van der Waals surface area contributed by atoms with Crippen LogP contribution in [0.15, 0.2) is 0 Å². The van der Waals surface area contributed by atoms with E-state index >= 15 is 0 Å². The molecule has 0 saturated carbocycles. The molecule has 0 saturated heterocycles. The van der Waals surface area contributed by atoms with Crippen LogP contribution in [0.5, 0.6) is 0 Å². The van der Waals surface area contributed by atoms with Crippen molar-refractivity contribution in [3.8, 4) is 0 Å². The number of ether oxygens (including phenoxy) is 4. The van der Waals surface area contributed by atoms with Gasteiger partial charge in [-0.05, 0) is 31.6 Å². The minimum atomic E-state index is -4.96. The van der Waals surface area contributed by atoms with E-state index in [0.29, 0.717) is 25.7 Å². The van der Waals surface area contributed by atoms with Crippen LogP contribution in [0.1, 0.15) is 439 Å². The number of rotatable bonds is 82. The lowest BCUT2D eigenvalue weighted by Gasteiger charge is -2.21. The Morgan fingerprint density at radius 2 is 0.475 bits per heavy atom. The van der Waals surface area contributed by atoms with Crippen molar-refractivity contribution in [2.75, 3.05) is 39.6 Å². The third-order valence-electron chi connectivity index (χ3n) is 19.6. The number of unbranched alkanes of at least 4 members (excludes halogenated alkanes) is 53. The Bertz CT molecular complexity index is 1930. The molecule has 0 amide bonds. The van der Waals surface area contributed by atoms with Gasteiger partial charge in [-0.2, -0.15) is 0 Å². The van der Waals surface area contributed by atoms with Gasteiger partial charge in [-0.3, -0.25) is 37.3 Å². The first-order valence-corrected chi connectivity index (χ1v) is 45.7. The van der Waals surface area contributed by atoms with Gasteiger partial charge in [0.15, 0.2) is 12.2 Å². The summed E-state index contributed by atoms with van der Waals surface area (Å²) in [7, 11) is -9.92. The van der Waals surface area contributed by atoms with E-state index in [1.54, 1.807) is 0 Å². The summed E-state index contributed by atoms with van der Waals surface area (Å²) in [6.07, 6.45) is 66.6. The van der Waals surface area contributed by atoms with E-state index in [1.807, 2.05) is 0 Å². The van der Waals surface area contributed by atoms with Gasteiger partial charge in [0, 0.05) is 25.7 Å². The maximum atomic E-state index is 13.1. The summed E-state index contributed by atoms with van der Waals surface area (Å²) in [6.45, 7) is 7.37. The van der Waals surface area contributed by atoms with Crippen LogP contribution in [0, 0.1) is 5.92 Å². The lowest BCUT2D eigenvalue weighted by Crippen LogP contribution is -2.30. The molecule has 0 heterocycles. The van der Waals surface area contributed by atoms with E-state index in [0.717, 1.165) is 95.8 Å². The normalized spacial score (nSPS) is 14.1. The molecule has 0 aliphatic heterocycles.